The molecule has 0 heterocycles. The molecule has 1 aromatic carbocycles. The SMILES string of the molecule is C=CCN(CC=C)C(=O)N/C=C/c1cccc(F)c1. The number of benzene rings is 1. The third kappa shape index (κ3) is 5.21. The predicted molar refractivity (Wildman–Crippen MR) is 75.9 cm³/mol. The van der Waals surface area contributed by atoms with Crippen LogP contribution in [-0.4, -0.2) is 24.0 Å². The lowest BCUT2D eigenvalue weighted by molar-refractivity contribution is 0.212. The van der Waals surface area contributed by atoms with Gasteiger partial charge < -0.3 is 10.2 Å². The van der Waals surface area contributed by atoms with Crippen molar-refractivity contribution in [1.82, 2.24) is 10.2 Å². The van der Waals surface area contributed by atoms with Crippen LogP contribution < -0.4 is 5.32 Å². The molecule has 0 aliphatic carbocycles. The predicted octanol–water partition coefficient (Wildman–Crippen LogP) is 3.18. The fourth-order valence-corrected chi connectivity index (χ4v) is 1.46. The molecule has 0 spiro atoms. The van der Waals surface area contributed by atoms with E-state index in [0.29, 0.717) is 18.7 Å². The Bertz CT molecular complexity index is 473. The molecule has 3 nitrogen and oxygen atoms in total. The first kappa shape index (κ1) is 14.7. The Hall–Kier alpha value is -2.36. The number of rotatable bonds is 6. The molecule has 0 aliphatic rings. The van der Waals surface area contributed by atoms with Crippen molar-refractivity contribution in [1.29, 1.82) is 0 Å². The van der Waals surface area contributed by atoms with Crippen molar-refractivity contribution in [2.45, 2.75) is 0 Å². The average Bonchev–Trinajstić information content (AvgIpc) is 2.38. The van der Waals surface area contributed by atoms with Crippen LogP contribution in [0.4, 0.5) is 9.18 Å². The number of carbonyl (C=O) groups is 1. The van der Waals surface area contributed by atoms with Crippen LogP contribution >= 0.6 is 0 Å². The highest BCUT2D eigenvalue weighted by molar-refractivity contribution is 5.76. The van der Waals surface area contributed by atoms with Gasteiger partial charge in [0.05, 0.1) is 0 Å². The number of amides is 2. The van der Waals surface area contributed by atoms with Crippen LogP contribution in [0.3, 0.4) is 0 Å². The summed E-state index contributed by atoms with van der Waals surface area (Å²) in [4.78, 5) is 13.3. The van der Waals surface area contributed by atoms with Crippen LogP contribution in [0.1, 0.15) is 5.56 Å². The number of nitrogens with zero attached hydrogens (tertiary/aromatic N) is 1. The largest absolute Gasteiger partial charge is 0.321 e. The summed E-state index contributed by atoms with van der Waals surface area (Å²) < 4.78 is 12.9. The van der Waals surface area contributed by atoms with Gasteiger partial charge in [-0.05, 0) is 23.8 Å². The number of hydrogen-bond acceptors (Lipinski definition) is 1. The van der Waals surface area contributed by atoms with Crippen LogP contribution in [0.2, 0.25) is 0 Å². The molecule has 0 fully saturated rings. The van der Waals surface area contributed by atoms with E-state index >= 15 is 0 Å². The molecule has 19 heavy (non-hydrogen) atoms. The van der Waals surface area contributed by atoms with Gasteiger partial charge in [0.25, 0.3) is 0 Å². The summed E-state index contributed by atoms with van der Waals surface area (Å²) in [6.45, 7) is 8.05. The third-order valence-electron chi connectivity index (χ3n) is 2.32. The van der Waals surface area contributed by atoms with E-state index < -0.39 is 0 Å². The summed E-state index contributed by atoms with van der Waals surface area (Å²) in [5.74, 6) is -0.312. The van der Waals surface area contributed by atoms with Gasteiger partial charge >= 0.3 is 6.03 Å². The minimum Gasteiger partial charge on any atom is -0.317 e. The fraction of sp³-hybridized carbons (Fsp3) is 0.133. The van der Waals surface area contributed by atoms with Crippen molar-refractivity contribution in [2.75, 3.05) is 13.1 Å². The lowest BCUT2D eigenvalue weighted by Gasteiger charge is -2.18. The Morgan fingerprint density at radius 2 is 2.00 bits per heavy atom. The van der Waals surface area contributed by atoms with E-state index in [0.717, 1.165) is 0 Å². The normalized spacial score (nSPS) is 10.2. The van der Waals surface area contributed by atoms with Gasteiger partial charge in [0.1, 0.15) is 5.82 Å². The van der Waals surface area contributed by atoms with Gasteiger partial charge in [-0.2, -0.15) is 0 Å². The van der Waals surface area contributed by atoms with Crippen molar-refractivity contribution in [2.24, 2.45) is 0 Å². The van der Waals surface area contributed by atoms with Crippen molar-refractivity contribution in [3.8, 4) is 0 Å². The molecule has 0 aliphatic heterocycles. The molecule has 1 N–H and O–H groups in total. The maximum absolute atomic E-state index is 12.9. The molecule has 100 valence electrons. The average molecular weight is 260 g/mol. The Kier molecular flexibility index (Phi) is 6.09. The second-order valence-corrected chi connectivity index (χ2v) is 3.82. The van der Waals surface area contributed by atoms with Crippen LogP contribution in [0.15, 0.2) is 55.8 Å². The highest BCUT2D eigenvalue weighted by Crippen LogP contribution is 2.04. The summed E-state index contributed by atoms with van der Waals surface area (Å²) in [7, 11) is 0. The summed E-state index contributed by atoms with van der Waals surface area (Å²) in [6.07, 6.45) is 6.38. The lowest BCUT2D eigenvalue weighted by Crippen LogP contribution is -2.37. The van der Waals surface area contributed by atoms with Crippen LogP contribution in [0, 0.1) is 5.82 Å². The van der Waals surface area contributed by atoms with E-state index in [9.17, 15) is 9.18 Å². The monoisotopic (exact) mass is 260 g/mol. The molecular weight excluding hydrogens is 243 g/mol. The van der Waals surface area contributed by atoms with E-state index in [-0.39, 0.29) is 11.8 Å². The van der Waals surface area contributed by atoms with Crippen molar-refractivity contribution >= 4 is 12.1 Å². The molecule has 1 rings (SSSR count). The van der Waals surface area contributed by atoms with Crippen LogP contribution in [0.5, 0.6) is 0 Å². The number of nitrogens with one attached hydrogen (secondary N) is 1. The van der Waals surface area contributed by atoms with Gasteiger partial charge in [0, 0.05) is 19.3 Å². The maximum atomic E-state index is 12.9. The second kappa shape index (κ2) is 7.87. The molecule has 0 radical (unpaired) electrons. The van der Waals surface area contributed by atoms with E-state index in [1.165, 1.54) is 23.2 Å². The molecule has 1 aromatic rings. The van der Waals surface area contributed by atoms with Gasteiger partial charge in [-0.15, -0.1) is 13.2 Å². The molecule has 0 unspecified atom stereocenters. The first-order chi connectivity index (χ1) is 9.17. The maximum Gasteiger partial charge on any atom is 0.321 e. The van der Waals surface area contributed by atoms with E-state index in [1.54, 1.807) is 30.4 Å². The van der Waals surface area contributed by atoms with Crippen LogP contribution in [-0.2, 0) is 0 Å². The molecule has 0 bridgehead atoms. The highest BCUT2D eigenvalue weighted by atomic mass is 19.1. The first-order valence-electron chi connectivity index (χ1n) is 5.86. The lowest BCUT2D eigenvalue weighted by atomic mass is 10.2. The molecule has 0 saturated carbocycles. The quantitative estimate of drug-likeness (QED) is 0.783. The molecule has 2 amide bonds. The second-order valence-electron chi connectivity index (χ2n) is 3.82. The summed E-state index contributed by atoms with van der Waals surface area (Å²) in [5, 5.41) is 2.61. The topological polar surface area (TPSA) is 32.3 Å². The smallest absolute Gasteiger partial charge is 0.317 e. The first-order valence-corrected chi connectivity index (χ1v) is 5.86. The third-order valence-corrected chi connectivity index (χ3v) is 2.32. The van der Waals surface area contributed by atoms with Crippen molar-refractivity contribution in [3.63, 3.8) is 0 Å². The van der Waals surface area contributed by atoms with E-state index in [1.807, 2.05) is 0 Å². The summed E-state index contributed by atoms with van der Waals surface area (Å²) in [6, 6.07) is 5.85. The van der Waals surface area contributed by atoms with E-state index in [4.69, 9.17) is 0 Å². The molecule has 0 saturated heterocycles. The summed E-state index contributed by atoms with van der Waals surface area (Å²) >= 11 is 0. The molecular formula is C15H17FN2O. The van der Waals surface area contributed by atoms with Gasteiger partial charge in [0.2, 0.25) is 0 Å². The zero-order chi connectivity index (χ0) is 14.1. The van der Waals surface area contributed by atoms with Crippen LogP contribution in [0.25, 0.3) is 6.08 Å². The van der Waals surface area contributed by atoms with Gasteiger partial charge in [0.15, 0.2) is 0 Å². The minimum atomic E-state index is -0.312. The standard InChI is InChI=1S/C15H17FN2O/c1-3-10-18(11-4-2)15(19)17-9-8-13-6-5-7-14(16)12-13/h3-9,12H,1-2,10-11H2,(H,17,19)/b9-8+. The Balaban J connectivity index is 2.56. The zero-order valence-corrected chi connectivity index (χ0v) is 10.7. The minimum absolute atomic E-state index is 0.257. The number of halogens is 1. The Labute approximate surface area is 112 Å². The highest BCUT2D eigenvalue weighted by Gasteiger charge is 2.07. The van der Waals surface area contributed by atoms with Crippen molar-refractivity contribution < 1.29 is 9.18 Å². The zero-order valence-electron chi connectivity index (χ0n) is 10.7. The van der Waals surface area contributed by atoms with Gasteiger partial charge in [-0.1, -0.05) is 24.3 Å². The summed E-state index contributed by atoms with van der Waals surface area (Å²) in [5.41, 5.74) is 0.680. The fourth-order valence-electron chi connectivity index (χ4n) is 1.46. The Morgan fingerprint density at radius 1 is 1.32 bits per heavy atom. The number of carbonyl (C=O) groups excluding carboxylic acids is 1. The molecule has 0 atom stereocenters. The Morgan fingerprint density at radius 3 is 2.58 bits per heavy atom. The molecule has 4 heteroatoms. The molecule has 0 aromatic heterocycles. The van der Waals surface area contributed by atoms with Gasteiger partial charge in [-0.25, -0.2) is 9.18 Å². The number of urea groups is 1. The van der Waals surface area contributed by atoms with E-state index in [2.05, 4.69) is 18.5 Å². The van der Waals surface area contributed by atoms with Gasteiger partial charge in [-0.3, -0.25) is 0 Å². The number of hydrogen-bond donors (Lipinski definition) is 1. The van der Waals surface area contributed by atoms with Crippen molar-refractivity contribution in [3.05, 3.63) is 67.2 Å².